The van der Waals surface area contributed by atoms with Gasteiger partial charge in [-0.1, -0.05) is 0 Å². The van der Waals surface area contributed by atoms with E-state index in [1.54, 1.807) is 0 Å². The van der Waals surface area contributed by atoms with Gasteiger partial charge in [0, 0.05) is 5.56 Å². The molecule has 6 heteroatoms. The van der Waals surface area contributed by atoms with Crippen LogP contribution in [0.15, 0.2) is 21.9 Å². The van der Waals surface area contributed by atoms with Crippen molar-refractivity contribution in [3.05, 3.63) is 33.7 Å². The Bertz CT molecular complexity index is 621. The lowest BCUT2D eigenvalue weighted by Crippen LogP contribution is -2.00. The Labute approximate surface area is 120 Å². The van der Waals surface area contributed by atoms with E-state index in [9.17, 15) is 4.79 Å². The van der Waals surface area contributed by atoms with Crippen LogP contribution in [0.4, 0.5) is 0 Å². The number of aryl methyl sites for hydroxylation is 1. The van der Waals surface area contributed by atoms with Crippen molar-refractivity contribution in [2.45, 2.75) is 13.2 Å². The minimum atomic E-state index is -0.454. The second kappa shape index (κ2) is 5.40. The summed E-state index contributed by atoms with van der Waals surface area (Å²) in [6, 6.07) is 3.63. The number of hydrogen-bond acceptors (Lipinski definition) is 6. The lowest BCUT2D eigenvalue weighted by molar-refractivity contribution is -0.0585. The van der Waals surface area contributed by atoms with Crippen LogP contribution in [0.2, 0.25) is 0 Å². The standard InChI is InChI=1S/C14H14O5S/c1-8-7-20-12(13(15)16-2)11(8)9-3-4-10(19-9)14-17-5-6-18-14/h3-4,7,14H,5-6H2,1-2H3. The Morgan fingerprint density at radius 1 is 1.35 bits per heavy atom. The van der Waals surface area contributed by atoms with Gasteiger partial charge >= 0.3 is 5.97 Å². The van der Waals surface area contributed by atoms with Gasteiger partial charge in [-0.05, 0) is 30.0 Å². The third-order valence-electron chi connectivity index (χ3n) is 3.07. The van der Waals surface area contributed by atoms with Gasteiger partial charge in [0.15, 0.2) is 5.76 Å². The maximum atomic E-state index is 11.8. The Balaban J connectivity index is 1.96. The van der Waals surface area contributed by atoms with Crippen LogP contribution in [0.25, 0.3) is 11.3 Å². The Kier molecular flexibility index (Phi) is 3.60. The molecule has 1 aliphatic rings. The second-order valence-corrected chi connectivity index (χ2v) is 5.27. The molecule has 0 radical (unpaired) electrons. The molecule has 0 aliphatic carbocycles. The van der Waals surface area contributed by atoms with Crippen molar-refractivity contribution in [2.75, 3.05) is 20.3 Å². The van der Waals surface area contributed by atoms with Crippen LogP contribution in [-0.4, -0.2) is 26.3 Å². The van der Waals surface area contributed by atoms with E-state index < -0.39 is 6.29 Å². The molecule has 3 rings (SSSR count). The SMILES string of the molecule is COC(=O)c1scc(C)c1-c1ccc(C2OCCO2)o1. The number of hydrogen-bond donors (Lipinski definition) is 0. The fourth-order valence-electron chi connectivity index (χ4n) is 2.13. The molecule has 0 N–H and O–H groups in total. The fourth-order valence-corrected chi connectivity index (χ4v) is 3.10. The molecule has 0 aromatic carbocycles. The summed E-state index contributed by atoms with van der Waals surface area (Å²) in [5, 5.41) is 1.91. The zero-order valence-corrected chi connectivity index (χ0v) is 12.0. The van der Waals surface area contributed by atoms with Crippen molar-refractivity contribution in [1.29, 1.82) is 0 Å². The highest BCUT2D eigenvalue weighted by atomic mass is 32.1. The number of furan rings is 1. The van der Waals surface area contributed by atoms with Crippen molar-refractivity contribution in [3.8, 4) is 11.3 Å². The predicted molar refractivity (Wildman–Crippen MR) is 72.7 cm³/mol. The molecule has 1 fully saturated rings. The summed E-state index contributed by atoms with van der Waals surface area (Å²) in [5.74, 6) is 0.876. The molecule has 0 unspecified atom stereocenters. The van der Waals surface area contributed by atoms with Gasteiger partial charge in [0.25, 0.3) is 0 Å². The minimum absolute atomic E-state index is 0.357. The molecular weight excluding hydrogens is 280 g/mol. The number of carbonyl (C=O) groups is 1. The van der Waals surface area contributed by atoms with Crippen molar-refractivity contribution < 1.29 is 23.4 Å². The summed E-state index contributed by atoms with van der Waals surface area (Å²) in [6.07, 6.45) is -0.454. The minimum Gasteiger partial charge on any atom is -0.465 e. The monoisotopic (exact) mass is 294 g/mol. The number of ether oxygens (including phenoxy) is 3. The first-order valence-corrected chi connectivity index (χ1v) is 7.08. The van der Waals surface area contributed by atoms with E-state index in [0.29, 0.717) is 29.6 Å². The molecule has 0 amide bonds. The summed E-state index contributed by atoms with van der Waals surface area (Å²) in [7, 11) is 1.37. The number of methoxy groups -OCH3 is 1. The van der Waals surface area contributed by atoms with Gasteiger partial charge in [-0.3, -0.25) is 0 Å². The first-order valence-electron chi connectivity index (χ1n) is 6.20. The van der Waals surface area contributed by atoms with Crippen LogP contribution in [0.3, 0.4) is 0 Å². The Morgan fingerprint density at radius 3 is 2.80 bits per heavy atom. The molecule has 0 atom stereocenters. The van der Waals surface area contributed by atoms with E-state index in [1.165, 1.54) is 18.4 Å². The topological polar surface area (TPSA) is 57.9 Å². The molecule has 5 nitrogen and oxygen atoms in total. The van der Waals surface area contributed by atoms with Crippen LogP contribution in [0.1, 0.15) is 27.3 Å². The van der Waals surface area contributed by atoms with Crippen molar-refractivity contribution in [3.63, 3.8) is 0 Å². The first-order chi connectivity index (χ1) is 9.70. The molecule has 1 aliphatic heterocycles. The fraction of sp³-hybridized carbons (Fsp3) is 0.357. The summed E-state index contributed by atoms with van der Waals surface area (Å²) in [6.45, 7) is 3.06. The Hall–Kier alpha value is -1.63. The van der Waals surface area contributed by atoms with Crippen LogP contribution < -0.4 is 0 Å². The van der Waals surface area contributed by atoms with Gasteiger partial charge in [0.05, 0.1) is 20.3 Å². The van der Waals surface area contributed by atoms with E-state index in [1.807, 2.05) is 24.4 Å². The van der Waals surface area contributed by atoms with Crippen LogP contribution in [0.5, 0.6) is 0 Å². The average Bonchev–Trinajstić information content (AvgIpc) is 3.16. The zero-order chi connectivity index (χ0) is 14.1. The molecule has 0 spiro atoms. The van der Waals surface area contributed by atoms with E-state index in [4.69, 9.17) is 18.6 Å². The molecule has 0 bridgehead atoms. The van der Waals surface area contributed by atoms with Crippen LogP contribution in [-0.2, 0) is 14.2 Å². The van der Waals surface area contributed by atoms with Gasteiger partial charge in [-0.2, -0.15) is 0 Å². The number of thiophene rings is 1. The van der Waals surface area contributed by atoms with E-state index >= 15 is 0 Å². The highest BCUT2D eigenvalue weighted by Crippen LogP contribution is 2.36. The van der Waals surface area contributed by atoms with Crippen LogP contribution in [0, 0.1) is 6.92 Å². The molecule has 106 valence electrons. The summed E-state index contributed by atoms with van der Waals surface area (Å²) < 4.78 is 21.4. The molecule has 2 aromatic heterocycles. The molecule has 0 saturated carbocycles. The van der Waals surface area contributed by atoms with Crippen molar-refractivity contribution >= 4 is 17.3 Å². The third kappa shape index (κ3) is 2.26. The highest BCUT2D eigenvalue weighted by Gasteiger charge is 2.25. The van der Waals surface area contributed by atoms with Gasteiger partial charge in [0.1, 0.15) is 10.6 Å². The lowest BCUT2D eigenvalue weighted by atomic mass is 10.1. The average molecular weight is 294 g/mol. The summed E-state index contributed by atoms with van der Waals surface area (Å²) in [4.78, 5) is 12.3. The van der Waals surface area contributed by atoms with Gasteiger partial charge in [-0.15, -0.1) is 11.3 Å². The largest absolute Gasteiger partial charge is 0.465 e. The molecular formula is C14H14O5S. The molecule has 3 heterocycles. The quantitative estimate of drug-likeness (QED) is 0.814. The maximum absolute atomic E-state index is 11.8. The third-order valence-corrected chi connectivity index (χ3v) is 4.15. The summed E-state index contributed by atoms with van der Waals surface area (Å²) >= 11 is 1.35. The number of esters is 1. The van der Waals surface area contributed by atoms with E-state index in [0.717, 1.165) is 11.1 Å². The van der Waals surface area contributed by atoms with E-state index in [-0.39, 0.29) is 5.97 Å². The second-order valence-electron chi connectivity index (χ2n) is 4.39. The molecule has 1 saturated heterocycles. The zero-order valence-electron chi connectivity index (χ0n) is 11.2. The maximum Gasteiger partial charge on any atom is 0.348 e. The van der Waals surface area contributed by atoms with Gasteiger partial charge < -0.3 is 18.6 Å². The first kappa shape index (κ1) is 13.4. The highest BCUT2D eigenvalue weighted by molar-refractivity contribution is 7.12. The number of carbonyl (C=O) groups excluding carboxylic acids is 1. The van der Waals surface area contributed by atoms with Crippen molar-refractivity contribution in [1.82, 2.24) is 0 Å². The predicted octanol–water partition coefficient (Wildman–Crippen LogP) is 3.15. The van der Waals surface area contributed by atoms with Gasteiger partial charge in [0.2, 0.25) is 6.29 Å². The summed E-state index contributed by atoms with van der Waals surface area (Å²) in [5.41, 5.74) is 1.75. The van der Waals surface area contributed by atoms with E-state index in [2.05, 4.69) is 0 Å². The number of rotatable bonds is 3. The van der Waals surface area contributed by atoms with Crippen LogP contribution >= 0.6 is 11.3 Å². The lowest BCUT2D eigenvalue weighted by Gasteiger charge is -2.05. The Morgan fingerprint density at radius 2 is 2.10 bits per heavy atom. The van der Waals surface area contributed by atoms with Gasteiger partial charge in [-0.25, -0.2) is 4.79 Å². The molecule has 20 heavy (non-hydrogen) atoms. The normalized spacial score (nSPS) is 15.7. The molecule has 2 aromatic rings. The van der Waals surface area contributed by atoms with Crippen molar-refractivity contribution in [2.24, 2.45) is 0 Å². The smallest absolute Gasteiger partial charge is 0.348 e.